The van der Waals surface area contributed by atoms with Crippen molar-refractivity contribution in [3.63, 3.8) is 0 Å². The van der Waals surface area contributed by atoms with E-state index >= 15 is 0 Å². The smallest absolute Gasteiger partial charge is 0.336 e. The summed E-state index contributed by atoms with van der Waals surface area (Å²) in [7, 11) is 0. The van der Waals surface area contributed by atoms with Crippen molar-refractivity contribution in [2.24, 2.45) is 5.41 Å². The number of hydrogen-bond donors (Lipinski definition) is 1. The normalized spacial score (nSPS) is 25.4. The largest absolute Gasteiger partial charge is 0.459 e. The highest BCUT2D eigenvalue weighted by atomic mass is 19.2. The molecule has 1 aromatic carbocycles. The molecule has 3 aliphatic rings. The van der Waals surface area contributed by atoms with Crippen molar-refractivity contribution in [1.29, 1.82) is 0 Å². The van der Waals surface area contributed by atoms with E-state index in [0.717, 1.165) is 30.7 Å². The number of benzene rings is 1. The van der Waals surface area contributed by atoms with Crippen LogP contribution in [0.1, 0.15) is 57.9 Å². The van der Waals surface area contributed by atoms with Crippen LogP contribution >= 0.6 is 0 Å². The number of dihydropyridines is 1. The predicted molar refractivity (Wildman–Crippen MR) is 110 cm³/mol. The van der Waals surface area contributed by atoms with E-state index in [0.29, 0.717) is 36.3 Å². The Balaban J connectivity index is 1.74. The summed E-state index contributed by atoms with van der Waals surface area (Å²) >= 11 is 0. The monoisotopic (exact) mass is 431 g/mol. The van der Waals surface area contributed by atoms with Crippen molar-refractivity contribution in [2.75, 3.05) is 13.2 Å². The first-order valence-corrected chi connectivity index (χ1v) is 10.6. The van der Waals surface area contributed by atoms with E-state index in [-0.39, 0.29) is 29.5 Å². The van der Waals surface area contributed by atoms with Crippen LogP contribution in [0, 0.1) is 17.0 Å². The van der Waals surface area contributed by atoms with Crippen molar-refractivity contribution in [2.45, 2.75) is 58.5 Å². The number of ketones is 1. The zero-order valence-corrected chi connectivity index (χ0v) is 18.0. The van der Waals surface area contributed by atoms with Gasteiger partial charge in [0.2, 0.25) is 0 Å². The topological polar surface area (TPSA) is 64.6 Å². The van der Waals surface area contributed by atoms with Crippen LogP contribution in [0.4, 0.5) is 8.78 Å². The van der Waals surface area contributed by atoms with Crippen LogP contribution in [0.2, 0.25) is 0 Å². The third-order valence-electron chi connectivity index (χ3n) is 6.16. The van der Waals surface area contributed by atoms with Gasteiger partial charge in [0.1, 0.15) is 6.61 Å². The van der Waals surface area contributed by atoms with Crippen LogP contribution in [-0.4, -0.2) is 31.1 Å². The molecule has 5 nitrogen and oxygen atoms in total. The SMILES string of the molecule is CC1=C(C(=O)OC[C@@H]2CCCO2)[C@H](c2ccc(F)c(F)c2)C2=C(CC(C)(C)CC2=O)N1. The average molecular weight is 431 g/mol. The fraction of sp³-hybridized carbons (Fsp3) is 0.500. The predicted octanol–water partition coefficient (Wildman–Crippen LogP) is 4.29. The second kappa shape index (κ2) is 8.19. The van der Waals surface area contributed by atoms with E-state index in [2.05, 4.69) is 5.32 Å². The summed E-state index contributed by atoms with van der Waals surface area (Å²) in [5, 5.41) is 3.23. The highest BCUT2D eigenvalue weighted by Crippen LogP contribution is 2.47. The molecule has 2 heterocycles. The average Bonchev–Trinajstić information content (AvgIpc) is 3.20. The minimum absolute atomic E-state index is 0.106. The third kappa shape index (κ3) is 4.28. The molecule has 1 fully saturated rings. The summed E-state index contributed by atoms with van der Waals surface area (Å²) in [6.45, 7) is 6.52. The number of esters is 1. The second-order valence-corrected chi connectivity index (χ2v) is 9.34. The molecule has 0 bridgehead atoms. The van der Waals surface area contributed by atoms with E-state index < -0.39 is 23.5 Å². The van der Waals surface area contributed by atoms with Crippen molar-refractivity contribution < 1.29 is 27.8 Å². The fourth-order valence-electron chi connectivity index (χ4n) is 4.75. The maximum absolute atomic E-state index is 14.1. The second-order valence-electron chi connectivity index (χ2n) is 9.34. The van der Waals surface area contributed by atoms with Gasteiger partial charge in [-0.3, -0.25) is 4.79 Å². The van der Waals surface area contributed by atoms with E-state index in [1.165, 1.54) is 6.07 Å². The highest BCUT2D eigenvalue weighted by molar-refractivity contribution is 6.04. The maximum Gasteiger partial charge on any atom is 0.336 e. The van der Waals surface area contributed by atoms with Gasteiger partial charge in [0.15, 0.2) is 17.4 Å². The zero-order valence-electron chi connectivity index (χ0n) is 18.0. The lowest BCUT2D eigenvalue weighted by Gasteiger charge is -2.39. The first-order chi connectivity index (χ1) is 14.7. The summed E-state index contributed by atoms with van der Waals surface area (Å²) in [6.07, 6.45) is 2.52. The minimum atomic E-state index is -1.02. The van der Waals surface area contributed by atoms with Crippen LogP contribution < -0.4 is 5.32 Å². The maximum atomic E-state index is 14.1. The lowest BCUT2D eigenvalue weighted by Crippen LogP contribution is -2.39. The molecule has 31 heavy (non-hydrogen) atoms. The molecule has 1 aromatic rings. The molecule has 0 radical (unpaired) electrons. The Morgan fingerprint density at radius 1 is 1.26 bits per heavy atom. The number of ether oxygens (including phenoxy) is 2. The van der Waals surface area contributed by atoms with Crippen molar-refractivity contribution in [1.82, 2.24) is 5.32 Å². The summed E-state index contributed by atoms with van der Waals surface area (Å²) in [5.74, 6) is -3.51. The van der Waals surface area contributed by atoms with Gasteiger partial charge in [0, 0.05) is 35.9 Å². The third-order valence-corrected chi connectivity index (χ3v) is 6.16. The van der Waals surface area contributed by atoms with Gasteiger partial charge in [-0.25, -0.2) is 13.6 Å². The van der Waals surface area contributed by atoms with Crippen LogP contribution in [0.15, 0.2) is 40.7 Å². The van der Waals surface area contributed by atoms with E-state index in [1.54, 1.807) is 6.92 Å². The number of rotatable bonds is 4. The van der Waals surface area contributed by atoms with Crippen LogP contribution in [-0.2, 0) is 19.1 Å². The van der Waals surface area contributed by atoms with Gasteiger partial charge in [-0.1, -0.05) is 19.9 Å². The van der Waals surface area contributed by atoms with Gasteiger partial charge < -0.3 is 14.8 Å². The number of allylic oxidation sites excluding steroid dienone is 3. The molecular formula is C24H27F2NO4. The molecular weight excluding hydrogens is 404 g/mol. The quantitative estimate of drug-likeness (QED) is 0.721. The Kier molecular flexibility index (Phi) is 5.73. The van der Waals surface area contributed by atoms with Gasteiger partial charge >= 0.3 is 5.97 Å². The number of halogens is 2. The first-order valence-electron chi connectivity index (χ1n) is 10.6. The highest BCUT2D eigenvalue weighted by Gasteiger charge is 2.43. The zero-order chi connectivity index (χ0) is 22.3. The van der Waals surface area contributed by atoms with E-state index in [1.807, 2.05) is 13.8 Å². The minimum Gasteiger partial charge on any atom is -0.459 e. The summed E-state index contributed by atoms with van der Waals surface area (Å²) < 4.78 is 38.8. The van der Waals surface area contributed by atoms with E-state index in [4.69, 9.17) is 9.47 Å². The molecule has 0 unspecified atom stereocenters. The van der Waals surface area contributed by atoms with E-state index in [9.17, 15) is 18.4 Å². The Labute approximate surface area is 180 Å². The van der Waals surface area contributed by atoms with Gasteiger partial charge in [0.25, 0.3) is 0 Å². The lowest BCUT2D eigenvalue weighted by atomic mass is 9.68. The van der Waals surface area contributed by atoms with Gasteiger partial charge in [-0.05, 0) is 49.3 Å². The van der Waals surface area contributed by atoms with Crippen molar-refractivity contribution in [3.8, 4) is 0 Å². The molecule has 1 N–H and O–H groups in total. The van der Waals surface area contributed by atoms with Crippen LogP contribution in [0.25, 0.3) is 0 Å². The molecule has 0 aromatic heterocycles. The number of carbonyl (C=O) groups is 2. The molecule has 7 heteroatoms. The molecule has 0 spiro atoms. The van der Waals surface area contributed by atoms with Gasteiger partial charge in [-0.2, -0.15) is 0 Å². The lowest BCUT2D eigenvalue weighted by molar-refractivity contribution is -0.142. The Morgan fingerprint density at radius 3 is 2.71 bits per heavy atom. The Morgan fingerprint density at radius 2 is 2.03 bits per heavy atom. The van der Waals surface area contributed by atoms with Crippen molar-refractivity contribution >= 4 is 11.8 Å². The fourth-order valence-corrected chi connectivity index (χ4v) is 4.75. The molecule has 0 saturated carbocycles. The standard InChI is InChI=1S/C24H27F2NO4/c1-13-20(23(29)31-12-15-5-4-8-30-15)21(14-6-7-16(25)17(26)9-14)22-18(27-13)10-24(2,3)11-19(22)28/h6-7,9,15,21,27H,4-5,8,10-12H2,1-3H3/t15-,21-/m0/s1. The summed E-state index contributed by atoms with van der Waals surface area (Å²) in [6, 6.07) is 3.51. The number of nitrogens with one attached hydrogen (secondary N) is 1. The van der Waals surface area contributed by atoms with Crippen LogP contribution in [0.5, 0.6) is 0 Å². The number of carbonyl (C=O) groups excluding carboxylic acids is 2. The summed E-state index contributed by atoms with van der Waals surface area (Å²) in [4.78, 5) is 26.3. The molecule has 2 aliphatic heterocycles. The van der Waals surface area contributed by atoms with Crippen molar-refractivity contribution in [3.05, 3.63) is 57.9 Å². The molecule has 166 valence electrons. The summed E-state index contributed by atoms with van der Waals surface area (Å²) in [5.41, 5.74) is 2.07. The van der Waals surface area contributed by atoms with Gasteiger partial charge in [-0.15, -0.1) is 0 Å². The molecule has 4 rings (SSSR count). The molecule has 1 aliphatic carbocycles. The van der Waals surface area contributed by atoms with Gasteiger partial charge in [0.05, 0.1) is 11.7 Å². The number of hydrogen-bond acceptors (Lipinski definition) is 5. The number of Topliss-reactive ketones (excluding diaryl/α,β-unsaturated/α-hetero) is 1. The van der Waals surface area contributed by atoms with Crippen LogP contribution in [0.3, 0.4) is 0 Å². The first kappa shape index (κ1) is 21.7. The molecule has 0 amide bonds. The molecule has 1 saturated heterocycles. The molecule has 2 atom stereocenters. The Bertz CT molecular complexity index is 989. The Hall–Kier alpha value is -2.54.